The average molecular weight is 408 g/mol. The highest BCUT2D eigenvalue weighted by Crippen LogP contribution is 2.33. The molecule has 0 radical (unpaired) electrons. The molecule has 1 N–H and O–H groups in total. The van der Waals surface area contributed by atoms with Crippen LogP contribution in [0.4, 0.5) is 13.2 Å². The fourth-order valence-electron chi connectivity index (χ4n) is 3.18. The number of nitriles is 1. The highest BCUT2D eigenvalue weighted by Gasteiger charge is 2.30. The number of alkyl halides is 3. The Bertz CT molecular complexity index is 1110. The molecule has 0 aliphatic carbocycles. The van der Waals surface area contributed by atoms with E-state index in [1.807, 2.05) is 30.3 Å². The summed E-state index contributed by atoms with van der Waals surface area (Å²) in [5.74, 6) is -0.193. The molecule has 3 aromatic carbocycles. The second kappa shape index (κ2) is 9.27. The molecule has 3 rings (SSSR count). The number of allylic oxidation sites excluding steroid dienone is 2. The van der Waals surface area contributed by atoms with E-state index in [2.05, 4.69) is 5.32 Å². The van der Waals surface area contributed by atoms with E-state index >= 15 is 0 Å². The molecule has 0 aliphatic heterocycles. The van der Waals surface area contributed by atoms with E-state index in [1.165, 1.54) is 18.2 Å². The molecule has 3 nitrogen and oxygen atoms in total. The second-order valence-electron chi connectivity index (χ2n) is 6.75. The molecule has 152 valence electrons. The summed E-state index contributed by atoms with van der Waals surface area (Å²) >= 11 is 0. The van der Waals surface area contributed by atoms with E-state index in [-0.39, 0.29) is 5.91 Å². The Balaban J connectivity index is 1.78. The summed E-state index contributed by atoms with van der Waals surface area (Å²) in [7, 11) is 0. The topological polar surface area (TPSA) is 52.9 Å². The summed E-state index contributed by atoms with van der Waals surface area (Å²) in [5, 5.41) is 13.0. The first-order chi connectivity index (χ1) is 14.4. The van der Waals surface area contributed by atoms with E-state index in [9.17, 15) is 18.0 Å². The fourth-order valence-corrected chi connectivity index (χ4v) is 3.18. The van der Waals surface area contributed by atoms with Crippen LogP contribution in [0.15, 0.2) is 72.8 Å². The predicted molar refractivity (Wildman–Crippen MR) is 111 cm³/mol. The van der Waals surface area contributed by atoms with E-state index < -0.39 is 11.7 Å². The van der Waals surface area contributed by atoms with Gasteiger partial charge < -0.3 is 5.32 Å². The van der Waals surface area contributed by atoms with Crippen LogP contribution < -0.4 is 5.32 Å². The molecular weight excluding hydrogens is 389 g/mol. The third kappa shape index (κ3) is 5.06. The number of amides is 1. The zero-order valence-electron chi connectivity index (χ0n) is 16.0. The Morgan fingerprint density at radius 3 is 2.53 bits per heavy atom. The average Bonchev–Trinajstić information content (AvgIpc) is 2.74. The summed E-state index contributed by atoms with van der Waals surface area (Å²) in [6.45, 7) is 0.498. The minimum absolute atomic E-state index is 0.193. The van der Waals surface area contributed by atoms with Crippen molar-refractivity contribution in [2.45, 2.75) is 19.0 Å². The first-order valence-electron chi connectivity index (χ1n) is 9.43. The molecular formula is C24H19F3N2O. The Kier molecular flexibility index (Phi) is 6.53. The molecule has 0 bridgehead atoms. The first kappa shape index (κ1) is 21.1. The van der Waals surface area contributed by atoms with Crippen LogP contribution >= 0.6 is 0 Å². The van der Waals surface area contributed by atoms with Gasteiger partial charge in [0.15, 0.2) is 0 Å². The zero-order chi connectivity index (χ0) is 21.6. The molecule has 0 aromatic heterocycles. The van der Waals surface area contributed by atoms with Crippen LogP contribution in [0.5, 0.6) is 0 Å². The van der Waals surface area contributed by atoms with Crippen molar-refractivity contribution >= 4 is 16.7 Å². The quantitative estimate of drug-likeness (QED) is 0.395. The molecule has 0 unspecified atom stereocenters. The number of carbonyl (C=O) groups is 1. The minimum Gasteiger partial charge on any atom is -0.352 e. The molecule has 1 amide bonds. The molecule has 0 saturated carbocycles. The number of carbonyl (C=O) groups excluding carboxylic acids is 1. The molecule has 0 heterocycles. The highest BCUT2D eigenvalue weighted by molar-refractivity contribution is 6.02. The van der Waals surface area contributed by atoms with Gasteiger partial charge in [-0.05, 0) is 59.0 Å². The van der Waals surface area contributed by atoms with Crippen LogP contribution in [-0.2, 0) is 6.18 Å². The molecule has 3 aromatic rings. The summed E-state index contributed by atoms with van der Waals surface area (Å²) in [6, 6.07) is 17.8. The predicted octanol–water partition coefficient (Wildman–Crippen LogP) is 6.12. The van der Waals surface area contributed by atoms with Gasteiger partial charge in [0.2, 0.25) is 0 Å². The van der Waals surface area contributed by atoms with E-state index in [0.29, 0.717) is 24.1 Å². The van der Waals surface area contributed by atoms with Crippen molar-refractivity contribution in [2.75, 3.05) is 6.54 Å². The van der Waals surface area contributed by atoms with Crippen LogP contribution in [0, 0.1) is 11.3 Å². The first-order valence-corrected chi connectivity index (χ1v) is 9.43. The highest BCUT2D eigenvalue weighted by atomic mass is 19.4. The smallest absolute Gasteiger partial charge is 0.352 e. The van der Waals surface area contributed by atoms with Crippen LogP contribution in [0.1, 0.15) is 28.8 Å². The maximum atomic E-state index is 12.8. The third-order valence-electron chi connectivity index (χ3n) is 4.69. The van der Waals surface area contributed by atoms with Crippen LogP contribution in [0.2, 0.25) is 0 Å². The summed E-state index contributed by atoms with van der Waals surface area (Å²) in [5.41, 5.74) is 1.31. The van der Waals surface area contributed by atoms with Crippen molar-refractivity contribution in [1.29, 1.82) is 5.26 Å². The van der Waals surface area contributed by atoms with E-state index in [1.54, 1.807) is 18.2 Å². The lowest BCUT2D eigenvalue weighted by Gasteiger charge is -2.11. The van der Waals surface area contributed by atoms with Crippen LogP contribution in [0.3, 0.4) is 0 Å². The van der Waals surface area contributed by atoms with Crippen molar-refractivity contribution < 1.29 is 18.0 Å². The Labute approximate surface area is 172 Å². The summed E-state index contributed by atoms with van der Waals surface area (Å²) in [4.78, 5) is 12.4. The van der Waals surface area contributed by atoms with Gasteiger partial charge in [0.1, 0.15) is 0 Å². The standard InChI is InChI=1S/C24H19F3N2O/c25-24(26,27)20-11-8-17(9-12-20)21-7-5-6-18-16-19(10-13-22(18)21)23(30)29-15-4-2-1-3-14-28/h1,3,5-13,16H,2,4,15H2,(H,29,30)/b3-1+. The van der Waals surface area contributed by atoms with Gasteiger partial charge in [-0.1, -0.05) is 42.5 Å². The maximum Gasteiger partial charge on any atom is 0.416 e. The largest absolute Gasteiger partial charge is 0.416 e. The van der Waals surface area contributed by atoms with Gasteiger partial charge in [0.05, 0.1) is 11.6 Å². The van der Waals surface area contributed by atoms with Gasteiger partial charge in [-0.3, -0.25) is 4.79 Å². The van der Waals surface area contributed by atoms with Gasteiger partial charge >= 0.3 is 6.18 Å². The van der Waals surface area contributed by atoms with Gasteiger partial charge in [-0.15, -0.1) is 0 Å². The van der Waals surface area contributed by atoms with Crippen LogP contribution in [0.25, 0.3) is 21.9 Å². The Hall–Kier alpha value is -3.59. The Morgan fingerprint density at radius 1 is 1.07 bits per heavy atom. The molecule has 0 atom stereocenters. The van der Waals surface area contributed by atoms with Crippen molar-refractivity contribution in [3.8, 4) is 17.2 Å². The van der Waals surface area contributed by atoms with Gasteiger partial charge in [-0.25, -0.2) is 0 Å². The number of hydrogen-bond acceptors (Lipinski definition) is 2. The number of unbranched alkanes of at least 4 members (excludes halogenated alkanes) is 1. The molecule has 0 saturated heterocycles. The number of halogens is 3. The second-order valence-corrected chi connectivity index (χ2v) is 6.75. The van der Waals surface area contributed by atoms with Gasteiger partial charge in [0.25, 0.3) is 5.91 Å². The molecule has 30 heavy (non-hydrogen) atoms. The molecule has 0 spiro atoms. The SMILES string of the molecule is N#C/C=C/CCCNC(=O)c1ccc2c(-c3ccc(C(F)(F)F)cc3)cccc2c1. The summed E-state index contributed by atoms with van der Waals surface area (Å²) < 4.78 is 38.4. The number of nitrogens with one attached hydrogen (secondary N) is 1. The van der Waals surface area contributed by atoms with Gasteiger partial charge in [-0.2, -0.15) is 18.4 Å². The minimum atomic E-state index is -4.37. The molecule has 6 heteroatoms. The number of hydrogen-bond donors (Lipinski definition) is 1. The lowest BCUT2D eigenvalue weighted by molar-refractivity contribution is -0.137. The number of nitrogens with zero attached hydrogens (tertiary/aromatic N) is 1. The van der Waals surface area contributed by atoms with Gasteiger partial charge in [0, 0.05) is 18.2 Å². The number of fused-ring (bicyclic) bond motifs is 1. The number of rotatable bonds is 6. The van der Waals surface area contributed by atoms with Crippen molar-refractivity contribution in [3.05, 3.63) is 83.9 Å². The molecule has 0 aliphatic rings. The monoisotopic (exact) mass is 408 g/mol. The Morgan fingerprint density at radius 2 is 1.83 bits per heavy atom. The molecule has 0 fully saturated rings. The summed E-state index contributed by atoms with van der Waals surface area (Å²) in [6.07, 6.45) is 0.244. The van der Waals surface area contributed by atoms with Crippen molar-refractivity contribution in [3.63, 3.8) is 0 Å². The fraction of sp³-hybridized carbons (Fsp3) is 0.167. The maximum absolute atomic E-state index is 12.8. The zero-order valence-corrected chi connectivity index (χ0v) is 16.0. The normalized spacial score (nSPS) is 11.5. The van der Waals surface area contributed by atoms with Crippen molar-refractivity contribution in [1.82, 2.24) is 5.32 Å². The van der Waals surface area contributed by atoms with E-state index in [4.69, 9.17) is 5.26 Å². The number of benzene rings is 3. The van der Waals surface area contributed by atoms with E-state index in [0.717, 1.165) is 34.9 Å². The van der Waals surface area contributed by atoms with Crippen molar-refractivity contribution in [2.24, 2.45) is 0 Å². The van der Waals surface area contributed by atoms with Crippen LogP contribution in [-0.4, -0.2) is 12.5 Å². The lowest BCUT2D eigenvalue weighted by Crippen LogP contribution is -2.24. The lowest BCUT2D eigenvalue weighted by atomic mass is 9.96. The third-order valence-corrected chi connectivity index (χ3v) is 4.69.